The Labute approximate surface area is 121 Å². The minimum atomic E-state index is -0.413. The Kier molecular flexibility index (Phi) is 5.40. The second-order valence-electron chi connectivity index (χ2n) is 5.80. The van der Waals surface area contributed by atoms with Gasteiger partial charge in [-0.05, 0) is 32.6 Å². The van der Waals surface area contributed by atoms with Crippen molar-refractivity contribution in [3.05, 3.63) is 0 Å². The second-order valence-corrected chi connectivity index (χ2v) is 5.80. The maximum atomic E-state index is 12.4. The highest BCUT2D eigenvalue weighted by Gasteiger charge is 2.42. The smallest absolute Gasteiger partial charge is 0.245 e. The average molecular weight is 282 g/mol. The zero-order valence-corrected chi connectivity index (χ0v) is 12.6. The summed E-state index contributed by atoms with van der Waals surface area (Å²) >= 11 is 0. The Hall–Kier alpha value is -1.10. The normalized spacial score (nSPS) is 28.6. The van der Waals surface area contributed by atoms with Crippen LogP contribution in [-0.2, 0) is 14.3 Å². The van der Waals surface area contributed by atoms with Crippen molar-refractivity contribution in [2.45, 2.75) is 58.0 Å². The van der Waals surface area contributed by atoms with Crippen LogP contribution in [0.4, 0.5) is 0 Å². The van der Waals surface area contributed by atoms with Crippen LogP contribution in [-0.4, -0.2) is 48.6 Å². The molecule has 5 nitrogen and oxygen atoms in total. The average Bonchev–Trinajstić information content (AvgIpc) is 2.45. The molecule has 114 valence electrons. The highest BCUT2D eigenvalue weighted by atomic mass is 16.5. The monoisotopic (exact) mass is 282 g/mol. The molecule has 2 unspecified atom stereocenters. The van der Waals surface area contributed by atoms with Crippen molar-refractivity contribution in [3.8, 4) is 0 Å². The van der Waals surface area contributed by atoms with Crippen molar-refractivity contribution in [1.29, 1.82) is 0 Å². The fraction of sp³-hybridized carbons (Fsp3) is 0.867. The van der Waals surface area contributed by atoms with Crippen molar-refractivity contribution in [1.82, 2.24) is 10.2 Å². The summed E-state index contributed by atoms with van der Waals surface area (Å²) in [5, 5.41) is 2.83. The van der Waals surface area contributed by atoms with Gasteiger partial charge >= 0.3 is 0 Å². The molecule has 0 aromatic rings. The molecule has 1 aliphatic carbocycles. The van der Waals surface area contributed by atoms with Gasteiger partial charge in [0.1, 0.15) is 12.1 Å². The molecular weight excluding hydrogens is 256 g/mol. The van der Waals surface area contributed by atoms with Crippen LogP contribution in [0.2, 0.25) is 0 Å². The van der Waals surface area contributed by atoms with Gasteiger partial charge in [-0.3, -0.25) is 9.59 Å². The third-order valence-electron chi connectivity index (χ3n) is 4.39. The number of nitrogens with zero attached hydrogens (tertiary/aromatic N) is 1. The summed E-state index contributed by atoms with van der Waals surface area (Å²) in [5.74, 6) is 0.349. The molecule has 2 amide bonds. The van der Waals surface area contributed by atoms with Crippen molar-refractivity contribution >= 4 is 11.8 Å². The summed E-state index contributed by atoms with van der Waals surface area (Å²) < 4.78 is 5.37. The molecule has 2 fully saturated rings. The summed E-state index contributed by atoms with van der Waals surface area (Å²) in [6.45, 7) is 5.35. The topological polar surface area (TPSA) is 58.6 Å². The van der Waals surface area contributed by atoms with Gasteiger partial charge in [0.25, 0.3) is 0 Å². The molecule has 0 aromatic carbocycles. The van der Waals surface area contributed by atoms with E-state index in [1.165, 1.54) is 6.42 Å². The number of ether oxygens (including phenoxy) is 1. The molecule has 0 radical (unpaired) electrons. The Balaban J connectivity index is 2.09. The number of amides is 2. The van der Waals surface area contributed by atoms with E-state index in [2.05, 4.69) is 5.32 Å². The number of nitrogens with one attached hydrogen (secondary N) is 1. The van der Waals surface area contributed by atoms with E-state index in [0.717, 1.165) is 25.7 Å². The summed E-state index contributed by atoms with van der Waals surface area (Å²) in [4.78, 5) is 26.5. The molecule has 1 heterocycles. The van der Waals surface area contributed by atoms with Crippen LogP contribution < -0.4 is 5.32 Å². The first-order chi connectivity index (χ1) is 9.65. The van der Waals surface area contributed by atoms with E-state index in [9.17, 15) is 9.59 Å². The molecule has 20 heavy (non-hydrogen) atoms. The number of hydrogen-bond donors (Lipinski definition) is 1. The first-order valence-electron chi connectivity index (χ1n) is 7.83. The van der Waals surface area contributed by atoms with Crippen molar-refractivity contribution in [3.63, 3.8) is 0 Å². The van der Waals surface area contributed by atoms with Gasteiger partial charge in [0.05, 0.1) is 6.61 Å². The Morgan fingerprint density at radius 1 is 1.25 bits per heavy atom. The molecule has 0 spiro atoms. The molecule has 2 rings (SSSR count). The number of carbonyl (C=O) groups excluding carboxylic acids is 2. The zero-order valence-electron chi connectivity index (χ0n) is 12.6. The molecule has 1 saturated carbocycles. The van der Waals surface area contributed by atoms with Gasteiger partial charge in [-0.1, -0.05) is 19.3 Å². The van der Waals surface area contributed by atoms with Crippen LogP contribution in [0, 0.1) is 5.92 Å². The van der Waals surface area contributed by atoms with Crippen LogP contribution in [0.15, 0.2) is 0 Å². The summed E-state index contributed by atoms with van der Waals surface area (Å²) in [7, 11) is 0. The fourth-order valence-corrected chi connectivity index (χ4v) is 3.36. The molecule has 5 heteroatoms. The van der Waals surface area contributed by atoms with Crippen LogP contribution in [0.25, 0.3) is 0 Å². The lowest BCUT2D eigenvalue weighted by atomic mass is 9.81. The zero-order chi connectivity index (χ0) is 14.5. The van der Waals surface area contributed by atoms with Gasteiger partial charge in [0.15, 0.2) is 0 Å². The maximum absolute atomic E-state index is 12.4. The minimum Gasteiger partial charge on any atom is -0.380 e. The van der Waals surface area contributed by atoms with Crippen LogP contribution in [0.5, 0.6) is 0 Å². The highest BCUT2D eigenvalue weighted by Crippen LogP contribution is 2.30. The van der Waals surface area contributed by atoms with Gasteiger partial charge in [0.2, 0.25) is 11.8 Å². The standard InChI is InChI=1S/C15H26N2O3/c1-3-20-10-9-17-13(12-7-5-4-6-8-12)14(18)16-11(2)15(17)19/h11-13H,3-10H2,1-2H3,(H,16,18). The first-order valence-corrected chi connectivity index (χ1v) is 7.83. The lowest BCUT2D eigenvalue weighted by Gasteiger charge is -2.42. The predicted octanol–water partition coefficient (Wildman–Crippen LogP) is 1.32. The Morgan fingerprint density at radius 3 is 2.60 bits per heavy atom. The van der Waals surface area contributed by atoms with E-state index in [1.807, 2.05) is 6.92 Å². The maximum Gasteiger partial charge on any atom is 0.245 e. The van der Waals surface area contributed by atoms with Gasteiger partial charge in [-0.25, -0.2) is 0 Å². The second kappa shape index (κ2) is 7.07. The molecule has 1 N–H and O–H groups in total. The van der Waals surface area contributed by atoms with Gasteiger partial charge in [-0.15, -0.1) is 0 Å². The van der Waals surface area contributed by atoms with Crippen LogP contribution in [0.3, 0.4) is 0 Å². The first kappa shape index (κ1) is 15.3. The predicted molar refractivity (Wildman–Crippen MR) is 76.2 cm³/mol. The van der Waals surface area contributed by atoms with E-state index in [-0.39, 0.29) is 17.9 Å². The van der Waals surface area contributed by atoms with Gasteiger partial charge in [0, 0.05) is 13.2 Å². The third kappa shape index (κ3) is 3.32. The summed E-state index contributed by atoms with van der Waals surface area (Å²) in [5.41, 5.74) is 0. The number of hydrogen-bond acceptors (Lipinski definition) is 3. The van der Waals surface area contributed by atoms with Gasteiger partial charge in [-0.2, -0.15) is 0 Å². The fourth-order valence-electron chi connectivity index (χ4n) is 3.36. The van der Waals surface area contributed by atoms with Gasteiger partial charge < -0.3 is 15.0 Å². The van der Waals surface area contributed by atoms with E-state index < -0.39 is 6.04 Å². The Bertz CT molecular complexity index is 353. The van der Waals surface area contributed by atoms with Crippen molar-refractivity contribution in [2.75, 3.05) is 19.8 Å². The largest absolute Gasteiger partial charge is 0.380 e. The third-order valence-corrected chi connectivity index (χ3v) is 4.39. The van der Waals surface area contributed by atoms with Crippen molar-refractivity contribution < 1.29 is 14.3 Å². The van der Waals surface area contributed by atoms with Crippen LogP contribution >= 0.6 is 0 Å². The number of piperazine rings is 1. The molecule has 2 atom stereocenters. The lowest BCUT2D eigenvalue weighted by Crippen LogP contribution is -2.65. The highest BCUT2D eigenvalue weighted by molar-refractivity contribution is 5.96. The molecular formula is C15H26N2O3. The van der Waals surface area contributed by atoms with E-state index in [0.29, 0.717) is 25.7 Å². The van der Waals surface area contributed by atoms with E-state index >= 15 is 0 Å². The number of carbonyl (C=O) groups is 2. The quantitative estimate of drug-likeness (QED) is 0.774. The summed E-state index contributed by atoms with van der Waals surface area (Å²) in [6, 6.07) is -0.705. The van der Waals surface area contributed by atoms with Crippen LogP contribution in [0.1, 0.15) is 46.0 Å². The molecule has 0 aromatic heterocycles. The van der Waals surface area contributed by atoms with E-state index in [4.69, 9.17) is 4.74 Å². The molecule has 0 bridgehead atoms. The Morgan fingerprint density at radius 2 is 1.95 bits per heavy atom. The molecule has 2 aliphatic rings. The number of rotatable bonds is 5. The minimum absolute atomic E-state index is 0.0144. The van der Waals surface area contributed by atoms with E-state index in [1.54, 1.807) is 11.8 Å². The van der Waals surface area contributed by atoms with Crippen molar-refractivity contribution in [2.24, 2.45) is 5.92 Å². The molecule has 1 saturated heterocycles. The molecule has 1 aliphatic heterocycles. The summed E-state index contributed by atoms with van der Waals surface area (Å²) in [6.07, 6.45) is 5.67. The SMILES string of the molecule is CCOCCN1C(=O)C(C)NC(=O)C1C1CCCCC1. The lowest BCUT2D eigenvalue weighted by molar-refractivity contribution is -0.152.